The van der Waals surface area contributed by atoms with E-state index in [0.717, 1.165) is 10.0 Å². The Bertz CT molecular complexity index is 556. The van der Waals surface area contributed by atoms with Gasteiger partial charge in [-0.25, -0.2) is 8.42 Å². The number of nitrogens with one attached hydrogen (secondary N) is 1. The zero-order valence-electron chi connectivity index (χ0n) is 13.0. The minimum absolute atomic E-state index is 0.0308. The van der Waals surface area contributed by atoms with E-state index in [4.69, 9.17) is 4.74 Å². The number of para-hydroxylation sites is 1. The molecule has 0 heterocycles. The molecule has 1 rings (SSSR count). The molecule has 0 spiro atoms. The minimum Gasteiger partial charge on any atom is -0.491 e. The van der Waals surface area contributed by atoms with E-state index in [-0.39, 0.29) is 17.6 Å². The quantitative estimate of drug-likeness (QED) is 0.755. The molecule has 0 atom stereocenters. The highest BCUT2D eigenvalue weighted by molar-refractivity contribution is 9.10. The highest BCUT2D eigenvalue weighted by Crippen LogP contribution is 2.29. The molecule has 0 fully saturated rings. The SMILES string of the molecule is CC(C)NCc1cccc(Br)c1OCCS(=O)(=O)C(C)C. The largest absolute Gasteiger partial charge is 0.491 e. The highest BCUT2D eigenvalue weighted by atomic mass is 79.9. The molecule has 0 aliphatic heterocycles. The van der Waals surface area contributed by atoms with Crippen molar-refractivity contribution in [1.29, 1.82) is 0 Å². The van der Waals surface area contributed by atoms with Crippen molar-refractivity contribution in [3.63, 3.8) is 0 Å². The van der Waals surface area contributed by atoms with Crippen LogP contribution in [0.2, 0.25) is 0 Å². The Morgan fingerprint density at radius 3 is 2.48 bits per heavy atom. The number of hydrogen-bond donors (Lipinski definition) is 1. The van der Waals surface area contributed by atoms with Crippen LogP contribution in [0, 0.1) is 0 Å². The van der Waals surface area contributed by atoms with Crippen molar-refractivity contribution in [2.75, 3.05) is 12.4 Å². The second-order valence-corrected chi connectivity index (χ2v) is 9.06. The summed E-state index contributed by atoms with van der Waals surface area (Å²) in [5, 5.41) is 2.96. The summed E-state index contributed by atoms with van der Waals surface area (Å²) < 4.78 is 30.2. The van der Waals surface area contributed by atoms with Crippen molar-refractivity contribution in [1.82, 2.24) is 5.32 Å². The maximum atomic E-state index is 11.8. The number of benzene rings is 1. The second kappa shape index (κ2) is 8.15. The smallest absolute Gasteiger partial charge is 0.155 e. The molecular weight excluding hydrogens is 354 g/mol. The Hall–Kier alpha value is -0.590. The van der Waals surface area contributed by atoms with E-state index in [2.05, 4.69) is 35.1 Å². The van der Waals surface area contributed by atoms with Gasteiger partial charge in [-0.1, -0.05) is 26.0 Å². The standard InChI is InChI=1S/C15H24BrNO3S/c1-11(2)17-10-13-6-5-7-14(16)15(13)20-8-9-21(18,19)12(3)4/h5-7,11-12,17H,8-10H2,1-4H3. The first kappa shape index (κ1) is 18.5. The molecule has 0 aliphatic rings. The van der Waals surface area contributed by atoms with E-state index in [1.807, 2.05) is 18.2 Å². The Morgan fingerprint density at radius 1 is 1.24 bits per heavy atom. The number of rotatable bonds is 8. The molecule has 0 aliphatic carbocycles. The zero-order valence-corrected chi connectivity index (χ0v) is 15.4. The van der Waals surface area contributed by atoms with Crippen molar-refractivity contribution >= 4 is 25.8 Å². The third kappa shape index (κ3) is 5.96. The average molecular weight is 378 g/mol. The van der Waals surface area contributed by atoms with Crippen LogP contribution in [0.15, 0.2) is 22.7 Å². The number of ether oxygens (including phenoxy) is 1. The fraction of sp³-hybridized carbons (Fsp3) is 0.600. The normalized spacial score (nSPS) is 12.1. The van der Waals surface area contributed by atoms with Gasteiger partial charge in [-0.3, -0.25) is 0 Å². The summed E-state index contributed by atoms with van der Waals surface area (Å²) in [6, 6.07) is 6.19. The van der Waals surface area contributed by atoms with Gasteiger partial charge in [0, 0.05) is 18.2 Å². The van der Waals surface area contributed by atoms with Crippen LogP contribution in [0.5, 0.6) is 5.75 Å². The maximum absolute atomic E-state index is 11.8. The molecule has 0 saturated heterocycles. The molecule has 0 aromatic heterocycles. The Balaban J connectivity index is 2.74. The Morgan fingerprint density at radius 2 is 1.90 bits per heavy atom. The first-order valence-corrected chi connectivity index (χ1v) is 9.60. The lowest BCUT2D eigenvalue weighted by Crippen LogP contribution is -2.24. The lowest BCUT2D eigenvalue weighted by atomic mass is 10.2. The summed E-state index contributed by atoms with van der Waals surface area (Å²) >= 11 is 3.46. The first-order chi connectivity index (χ1) is 9.74. The predicted molar refractivity (Wildman–Crippen MR) is 90.5 cm³/mol. The third-order valence-corrected chi connectivity index (χ3v) is 5.88. The van der Waals surface area contributed by atoms with Gasteiger partial charge in [0.15, 0.2) is 9.84 Å². The van der Waals surface area contributed by atoms with Crippen LogP contribution < -0.4 is 10.1 Å². The Kier molecular flexibility index (Phi) is 7.16. The number of hydrogen-bond acceptors (Lipinski definition) is 4. The van der Waals surface area contributed by atoms with Crippen LogP contribution in [0.4, 0.5) is 0 Å². The van der Waals surface area contributed by atoms with Crippen LogP contribution in [0.3, 0.4) is 0 Å². The van der Waals surface area contributed by atoms with Crippen LogP contribution in [0.25, 0.3) is 0 Å². The monoisotopic (exact) mass is 377 g/mol. The minimum atomic E-state index is -3.08. The molecule has 0 saturated carbocycles. The molecule has 4 nitrogen and oxygen atoms in total. The maximum Gasteiger partial charge on any atom is 0.155 e. The number of sulfone groups is 1. The fourth-order valence-corrected chi connectivity index (χ4v) is 2.97. The summed E-state index contributed by atoms with van der Waals surface area (Å²) in [4.78, 5) is 0. The molecule has 0 radical (unpaired) electrons. The van der Waals surface area contributed by atoms with Gasteiger partial charge >= 0.3 is 0 Å². The van der Waals surface area contributed by atoms with Gasteiger partial charge in [0.25, 0.3) is 0 Å². The van der Waals surface area contributed by atoms with Crippen LogP contribution in [-0.4, -0.2) is 32.1 Å². The van der Waals surface area contributed by atoms with Crippen LogP contribution >= 0.6 is 15.9 Å². The third-order valence-electron chi connectivity index (χ3n) is 3.08. The topological polar surface area (TPSA) is 55.4 Å². The van der Waals surface area contributed by atoms with E-state index in [1.165, 1.54) is 0 Å². The van der Waals surface area contributed by atoms with Gasteiger partial charge in [0.1, 0.15) is 12.4 Å². The Labute approximate surface area is 136 Å². The van der Waals surface area contributed by atoms with Crippen molar-refractivity contribution in [2.45, 2.75) is 45.5 Å². The van der Waals surface area contributed by atoms with E-state index in [1.54, 1.807) is 13.8 Å². The van der Waals surface area contributed by atoms with Crippen molar-refractivity contribution in [2.24, 2.45) is 0 Å². The highest BCUT2D eigenvalue weighted by Gasteiger charge is 2.17. The number of halogens is 1. The summed E-state index contributed by atoms with van der Waals surface area (Å²) in [5.74, 6) is 0.743. The van der Waals surface area contributed by atoms with Crippen molar-refractivity contribution < 1.29 is 13.2 Å². The van der Waals surface area contributed by atoms with E-state index < -0.39 is 9.84 Å². The van der Waals surface area contributed by atoms with E-state index in [0.29, 0.717) is 18.3 Å². The van der Waals surface area contributed by atoms with Crippen molar-refractivity contribution in [3.05, 3.63) is 28.2 Å². The molecule has 21 heavy (non-hydrogen) atoms. The summed E-state index contributed by atoms with van der Waals surface area (Å²) in [6.45, 7) is 8.38. The van der Waals surface area contributed by atoms with Gasteiger partial charge in [-0.05, 0) is 35.8 Å². The van der Waals surface area contributed by atoms with E-state index >= 15 is 0 Å². The molecule has 0 amide bonds. The average Bonchev–Trinajstić information content (AvgIpc) is 2.38. The van der Waals surface area contributed by atoms with Gasteiger partial charge < -0.3 is 10.1 Å². The fourth-order valence-electron chi connectivity index (χ4n) is 1.66. The molecule has 1 aromatic rings. The van der Waals surface area contributed by atoms with Crippen molar-refractivity contribution in [3.8, 4) is 5.75 Å². The molecule has 6 heteroatoms. The lowest BCUT2D eigenvalue weighted by Gasteiger charge is -2.16. The molecule has 1 N–H and O–H groups in total. The van der Waals surface area contributed by atoms with Crippen LogP contribution in [0.1, 0.15) is 33.3 Å². The molecule has 120 valence electrons. The summed E-state index contributed by atoms with van der Waals surface area (Å²) in [6.07, 6.45) is 0. The van der Waals surface area contributed by atoms with Gasteiger partial charge in [-0.2, -0.15) is 0 Å². The van der Waals surface area contributed by atoms with Gasteiger partial charge in [0.05, 0.1) is 15.5 Å². The van der Waals surface area contributed by atoms with E-state index in [9.17, 15) is 8.42 Å². The van der Waals surface area contributed by atoms with Crippen LogP contribution in [-0.2, 0) is 16.4 Å². The van der Waals surface area contributed by atoms with Gasteiger partial charge in [0.2, 0.25) is 0 Å². The summed E-state index contributed by atoms with van der Waals surface area (Å²) in [5.41, 5.74) is 1.01. The molecule has 0 bridgehead atoms. The zero-order chi connectivity index (χ0) is 16.0. The van der Waals surface area contributed by atoms with Gasteiger partial charge in [-0.15, -0.1) is 0 Å². The molecular formula is C15H24BrNO3S. The second-order valence-electron chi connectivity index (χ2n) is 5.53. The lowest BCUT2D eigenvalue weighted by molar-refractivity contribution is 0.333. The summed E-state index contributed by atoms with van der Waals surface area (Å²) in [7, 11) is -3.08. The molecule has 0 unspecified atom stereocenters. The first-order valence-electron chi connectivity index (χ1n) is 7.09. The predicted octanol–water partition coefficient (Wildman–Crippen LogP) is 3.15. The molecule has 1 aromatic carbocycles.